The van der Waals surface area contributed by atoms with Gasteiger partial charge in [0, 0.05) is 6.20 Å². The summed E-state index contributed by atoms with van der Waals surface area (Å²) in [5.41, 5.74) is 1.33. The zero-order valence-corrected chi connectivity index (χ0v) is 6.51. The molecule has 11 heavy (non-hydrogen) atoms. The van der Waals surface area contributed by atoms with Gasteiger partial charge in [0.1, 0.15) is 0 Å². The van der Waals surface area contributed by atoms with Gasteiger partial charge >= 0.3 is 0 Å². The van der Waals surface area contributed by atoms with Crippen LogP contribution < -0.4 is 5.32 Å². The molecule has 3 heteroatoms. The quantitative estimate of drug-likeness (QED) is 0.648. The standard InChI is InChI=1S/C8H13N3/c1-2-9-4-7(1)3-8-5-10-11-6-8/h5-7,9H,1-4H2,(H,10,11). The highest BCUT2D eigenvalue weighted by molar-refractivity contribution is 5.04. The molecule has 2 N–H and O–H groups in total. The van der Waals surface area contributed by atoms with E-state index in [0.717, 1.165) is 5.92 Å². The predicted octanol–water partition coefficient (Wildman–Crippen LogP) is 0.562. The van der Waals surface area contributed by atoms with Crippen LogP contribution in [0.4, 0.5) is 0 Å². The molecule has 0 spiro atoms. The van der Waals surface area contributed by atoms with E-state index >= 15 is 0 Å². The van der Waals surface area contributed by atoms with Crippen LogP contribution in [0.1, 0.15) is 12.0 Å². The molecular formula is C8H13N3. The van der Waals surface area contributed by atoms with Crippen LogP contribution in [-0.2, 0) is 6.42 Å². The second kappa shape index (κ2) is 3.05. The van der Waals surface area contributed by atoms with Crippen LogP contribution >= 0.6 is 0 Å². The van der Waals surface area contributed by atoms with Gasteiger partial charge in [-0.05, 0) is 37.4 Å². The maximum atomic E-state index is 3.92. The zero-order valence-electron chi connectivity index (χ0n) is 6.51. The Balaban J connectivity index is 1.90. The Hall–Kier alpha value is -0.830. The average Bonchev–Trinajstić information content (AvgIpc) is 2.60. The normalized spacial score (nSPS) is 24.2. The van der Waals surface area contributed by atoms with Crippen molar-refractivity contribution in [2.75, 3.05) is 13.1 Å². The number of rotatable bonds is 2. The summed E-state index contributed by atoms with van der Waals surface area (Å²) in [7, 11) is 0. The molecule has 0 saturated carbocycles. The Kier molecular flexibility index (Phi) is 1.90. The minimum atomic E-state index is 0.826. The lowest BCUT2D eigenvalue weighted by molar-refractivity contribution is 0.580. The van der Waals surface area contributed by atoms with E-state index in [1.54, 1.807) is 0 Å². The Morgan fingerprint density at radius 2 is 2.64 bits per heavy atom. The maximum Gasteiger partial charge on any atom is 0.0519 e. The molecule has 1 unspecified atom stereocenters. The van der Waals surface area contributed by atoms with Crippen molar-refractivity contribution >= 4 is 0 Å². The molecule has 0 aromatic carbocycles. The highest BCUT2D eigenvalue weighted by Gasteiger charge is 2.14. The number of hydrogen-bond donors (Lipinski definition) is 2. The van der Waals surface area contributed by atoms with Gasteiger partial charge in [-0.2, -0.15) is 5.10 Å². The third-order valence-electron chi connectivity index (χ3n) is 2.24. The Morgan fingerprint density at radius 1 is 1.64 bits per heavy atom. The SMILES string of the molecule is c1n[nH]cc1CC1CCNC1. The van der Waals surface area contributed by atoms with Crippen molar-refractivity contribution in [3.05, 3.63) is 18.0 Å². The molecule has 2 rings (SSSR count). The van der Waals surface area contributed by atoms with E-state index in [0.29, 0.717) is 0 Å². The van der Waals surface area contributed by atoms with Gasteiger partial charge in [0.15, 0.2) is 0 Å². The molecule has 3 nitrogen and oxygen atoms in total. The van der Waals surface area contributed by atoms with Gasteiger partial charge in [0.25, 0.3) is 0 Å². The molecule has 0 amide bonds. The van der Waals surface area contributed by atoms with Gasteiger partial charge in [-0.3, -0.25) is 5.10 Å². The van der Waals surface area contributed by atoms with Gasteiger partial charge in [-0.1, -0.05) is 0 Å². The van der Waals surface area contributed by atoms with Crippen LogP contribution in [0.25, 0.3) is 0 Å². The number of hydrogen-bond acceptors (Lipinski definition) is 2. The molecule has 0 radical (unpaired) electrons. The molecule has 1 atom stereocenters. The van der Waals surface area contributed by atoms with E-state index in [9.17, 15) is 0 Å². The van der Waals surface area contributed by atoms with Crippen LogP contribution in [0, 0.1) is 5.92 Å². The Labute approximate surface area is 66.2 Å². The first-order valence-corrected chi connectivity index (χ1v) is 4.13. The van der Waals surface area contributed by atoms with Gasteiger partial charge in [0.05, 0.1) is 6.20 Å². The van der Waals surface area contributed by atoms with Crippen LogP contribution in [0.3, 0.4) is 0 Å². The summed E-state index contributed by atoms with van der Waals surface area (Å²) >= 11 is 0. The second-order valence-corrected chi connectivity index (χ2v) is 3.17. The highest BCUT2D eigenvalue weighted by atomic mass is 15.1. The minimum absolute atomic E-state index is 0.826. The molecule has 1 aliphatic heterocycles. The Bertz CT molecular complexity index is 199. The molecule has 1 saturated heterocycles. The summed E-state index contributed by atoms with van der Waals surface area (Å²) in [5.74, 6) is 0.826. The first-order chi connectivity index (χ1) is 5.45. The monoisotopic (exact) mass is 151 g/mol. The summed E-state index contributed by atoms with van der Waals surface area (Å²) in [6, 6.07) is 0. The minimum Gasteiger partial charge on any atom is -0.316 e. The van der Waals surface area contributed by atoms with E-state index in [4.69, 9.17) is 0 Å². The van der Waals surface area contributed by atoms with Crippen LogP contribution in [0.15, 0.2) is 12.4 Å². The van der Waals surface area contributed by atoms with E-state index in [-0.39, 0.29) is 0 Å². The zero-order chi connectivity index (χ0) is 7.52. The van der Waals surface area contributed by atoms with Crippen LogP contribution in [0.2, 0.25) is 0 Å². The third kappa shape index (κ3) is 1.60. The molecule has 0 aliphatic carbocycles. The summed E-state index contributed by atoms with van der Waals surface area (Å²) in [5, 5.41) is 10.1. The number of aromatic amines is 1. The maximum absolute atomic E-state index is 3.92. The molecule has 2 heterocycles. The van der Waals surface area contributed by atoms with Crippen molar-refractivity contribution in [2.24, 2.45) is 5.92 Å². The van der Waals surface area contributed by atoms with Crippen molar-refractivity contribution in [3.8, 4) is 0 Å². The molecule has 1 aromatic heterocycles. The lowest BCUT2D eigenvalue weighted by Crippen LogP contribution is -2.10. The fraction of sp³-hybridized carbons (Fsp3) is 0.625. The molecule has 1 aromatic rings. The molecule has 0 bridgehead atoms. The van der Waals surface area contributed by atoms with Crippen molar-refractivity contribution in [1.29, 1.82) is 0 Å². The van der Waals surface area contributed by atoms with Gasteiger partial charge in [0.2, 0.25) is 0 Å². The van der Waals surface area contributed by atoms with Crippen LogP contribution in [0.5, 0.6) is 0 Å². The van der Waals surface area contributed by atoms with Crippen molar-refractivity contribution < 1.29 is 0 Å². The smallest absolute Gasteiger partial charge is 0.0519 e. The summed E-state index contributed by atoms with van der Waals surface area (Å²) < 4.78 is 0. The Morgan fingerprint density at radius 3 is 3.27 bits per heavy atom. The van der Waals surface area contributed by atoms with Gasteiger partial charge < -0.3 is 5.32 Å². The number of H-pyrrole nitrogens is 1. The number of nitrogens with zero attached hydrogens (tertiary/aromatic N) is 1. The van der Waals surface area contributed by atoms with Crippen LogP contribution in [-0.4, -0.2) is 23.3 Å². The largest absolute Gasteiger partial charge is 0.316 e. The topological polar surface area (TPSA) is 40.7 Å². The summed E-state index contributed by atoms with van der Waals surface area (Å²) in [6.07, 6.45) is 6.38. The van der Waals surface area contributed by atoms with Crippen molar-refractivity contribution in [2.45, 2.75) is 12.8 Å². The average molecular weight is 151 g/mol. The fourth-order valence-electron chi connectivity index (χ4n) is 1.61. The molecule has 1 aliphatic rings. The predicted molar refractivity (Wildman–Crippen MR) is 43.3 cm³/mol. The first-order valence-electron chi connectivity index (χ1n) is 4.13. The third-order valence-corrected chi connectivity index (χ3v) is 2.24. The first kappa shape index (κ1) is 6.85. The van der Waals surface area contributed by atoms with Crippen molar-refractivity contribution in [1.82, 2.24) is 15.5 Å². The van der Waals surface area contributed by atoms with E-state index in [2.05, 4.69) is 15.5 Å². The van der Waals surface area contributed by atoms with Crippen molar-refractivity contribution in [3.63, 3.8) is 0 Å². The van der Waals surface area contributed by atoms with E-state index in [1.165, 1.54) is 31.5 Å². The van der Waals surface area contributed by atoms with E-state index < -0.39 is 0 Å². The van der Waals surface area contributed by atoms with E-state index in [1.807, 2.05) is 12.4 Å². The molecular weight excluding hydrogens is 138 g/mol. The number of nitrogens with one attached hydrogen (secondary N) is 2. The van der Waals surface area contributed by atoms with Gasteiger partial charge in [-0.15, -0.1) is 0 Å². The summed E-state index contributed by atoms with van der Waals surface area (Å²) in [4.78, 5) is 0. The second-order valence-electron chi connectivity index (χ2n) is 3.17. The fourth-order valence-corrected chi connectivity index (χ4v) is 1.61. The summed E-state index contributed by atoms with van der Waals surface area (Å²) in [6.45, 7) is 2.35. The molecule has 1 fully saturated rings. The highest BCUT2D eigenvalue weighted by Crippen LogP contribution is 2.13. The molecule has 60 valence electrons. The lowest BCUT2D eigenvalue weighted by atomic mass is 10.0. The lowest BCUT2D eigenvalue weighted by Gasteiger charge is -2.03. The number of aromatic nitrogens is 2. The van der Waals surface area contributed by atoms with Gasteiger partial charge in [-0.25, -0.2) is 0 Å².